The van der Waals surface area contributed by atoms with Crippen LogP contribution in [0, 0.1) is 11.8 Å². The average Bonchev–Trinajstić information content (AvgIpc) is 2.16. The van der Waals surface area contributed by atoms with Gasteiger partial charge >= 0.3 is 0 Å². The van der Waals surface area contributed by atoms with Crippen molar-refractivity contribution < 1.29 is 4.79 Å². The second kappa shape index (κ2) is 5.69. The quantitative estimate of drug-likeness (QED) is 0.636. The summed E-state index contributed by atoms with van der Waals surface area (Å²) in [6.07, 6.45) is 10.3. The fourth-order valence-corrected chi connectivity index (χ4v) is 1.71. The highest BCUT2D eigenvalue weighted by Gasteiger charge is 2.11. The highest BCUT2D eigenvalue weighted by molar-refractivity contribution is 5.89. The van der Waals surface area contributed by atoms with Gasteiger partial charge in [0.25, 0.3) is 0 Å². The smallest absolute Gasteiger partial charge is 0.155 e. The first-order valence-corrected chi connectivity index (χ1v) is 5.65. The van der Waals surface area contributed by atoms with Crippen LogP contribution in [0.5, 0.6) is 0 Å². The van der Waals surface area contributed by atoms with Gasteiger partial charge in [-0.25, -0.2) is 0 Å². The van der Waals surface area contributed by atoms with Gasteiger partial charge < -0.3 is 0 Å². The van der Waals surface area contributed by atoms with E-state index < -0.39 is 0 Å². The molecule has 1 rings (SSSR count). The molecule has 0 aliphatic heterocycles. The molecule has 0 N–H and O–H groups in total. The number of carbonyl (C=O) groups is 1. The van der Waals surface area contributed by atoms with Crippen molar-refractivity contribution in [3.63, 3.8) is 0 Å². The van der Waals surface area contributed by atoms with E-state index in [9.17, 15) is 4.79 Å². The van der Waals surface area contributed by atoms with E-state index in [0.717, 1.165) is 18.4 Å². The van der Waals surface area contributed by atoms with E-state index in [0.29, 0.717) is 18.3 Å². The predicted octanol–water partition coefficient (Wildman–Crippen LogP) is 3.68. The van der Waals surface area contributed by atoms with E-state index in [1.807, 2.05) is 6.08 Å². The summed E-state index contributed by atoms with van der Waals surface area (Å²) in [4.78, 5) is 11.4. The van der Waals surface area contributed by atoms with Crippen molar-refractivity contribution in [2.45, 2.75) is 33.1 Å². The Labute approximate surface area is 92.6 Å². The van der Waals surface area contributed by atoms with Gasteiger partial charge in [-0.2, -0.15) is 0 Å². The van der Waals surface area contributed by atoms with Crippen LogP contribution < -0.4 is 0 Å². The van der Waals surface area contributed by atoms with Gasteiger partial charge in [-0.3, -0.25) is 4.79 Å². The van der Waals surface area contributed by atoms with Gasteiger partial charge in [-0.05, 0) is 30.8 Å². The summed E-state index contributed by atoms with van der Waals surface area (Å²) in [6, 6.07) is 0. The summed E-state index contributed by atoms with van der Waals surface area (Å²) < 4.78 is 0. The fourth-order valence-electron chi connectivity index (χ4n) is 1.71. The number of carbonyl (C=O) groups excluding carboxylic acids is 1. The Morgan fingerprint density at radius 2 is 2.13 bits per heavy atom. The second-order valence-electron chi connectivity index (χ2n) is 4.54. The molecule has 0 unspecified atom stereocenters. The van der Waals surface area contributed by atoms with Crippen LogP contribution in [0.1, 0.15) is 33.1 Å². The molecule has 0 saturated carbocycles. The van der Waals surface area contributed by atoms with Gasteiger partial charge in [0.05, 0.1) is 0 Å². The topological polar surface area (TPSA) is 17.1 Å². The maximum atomic E-state index is 11.4. The van der Waals surface area contributed by atoms with Crippen molar-refractivity contribution in [2.24, 2.45) is 11.8 Å². The molecule has 0 amide bonds. The molecule has 15 heavy (non-hydrogen) atoms. The van der Waals surface area contributed by atoms with Crippen molar-refractivity contribution in [1.82, 2.24) is 0 Å². The van der Waals surface area contributed by atoms with Gasteiger partial charge in [-0.15, -0.1) is 0 Å². The largest absolute Gasteiger partial charge is 0.295 e. The molecule has 0 aromatic heterocycles. The summed E-state index contributed by atoms with van der Waals surface area (Å²) in [7, 11) is 0. The van der Waals surface area contributed by atoms with Gasteiger partial charge in [-0.1, -0.05) is 44.2 Å². The molecule has 1 nitrogen and oxygen atoms in total. The highest BCUT2D eigenvalue weighted by atomic mass is 16.1. The van der Waals surface area contributed by atoms with Crippen LogP contribution in [0.3, 0.4) is 0 Å². The Balaban J connectivity index is 2.74. The van der Waals surface area contributed by atoms with E-state index in [-0.39, 0.29) is 5.78 Å². The van der Waals surface area contributed by atoms with Crippen molar-refractivity contribution in [3.05, 3.63) is 36.5 Å². The van der Waals surface area contributed by atoms with Crippen molar-refractivity contribution in [1.29, 1.82) is 0 Å². The molecule has 0 fully saturated rings. The molecular formula is C14H20O. The van der Waals surface area contributed by atoms with Crippen molar-refractivity contribution >= 4 is 5.78 Å². The van der Waals surface area contributed by atoms with E-state index in [4.69, 9.17) is 0 Å². The van der Waals surface area contributed by atoms with Crippen LogP contribution in [0.4, 0.5) is 0 Å². The highest BCUT2D eigenvalue weighted by Crippen LogP contribution is 2.21. The Hall–Kier alpha value is -1.11. The summed E-state index contributed by atoms with van der Waals surface area (Å²) >= 11 is 0. The lowest BCUT2D eigenvalue weighted by Crippen LogP contribution is -2.08. The SMILES string of the molecule is C=C1C=C[C@@H](C(C)C)CCC(=O)C=CC1. The number of allylic oxidation sites excluding steroid dienone is 5. The fraction of sp³-hybridized carbons (Fsp3) is 0.500. The standard InChI is InChI=1S/C14H20O/c1-11(2)13-8-7-12(3)5-4-6-14(15)10-9-13/h4,6-8,11,13H,3,5,9-10H2,1-2H3/t13-/m1/s1. The third-order valence-electron chi connectivity index (χ3n) is 2.84. The number of hydrogen-bond donors (Lipinski definition) is 0. The first kappa shape index (κ1) is 12.0. The zero-order valence-electron chi connectivity index (χ0n) is 9.70. The molecule has 0 radical (unpaired) electrons. The number of ketones is 1. The summed E-state index contributed by atoms with van der Waals surface area (Å²) in [5, 5.41) is 0. The van der Waals surface area contributed by atoms with E-state index in [2.05, 4.69) is 32.6 Å². The van der Waals surface area contributed by atoms with Gasteiger partial charge in [0, 0.05) is 6.42 Å². The van der Waals surface area contributed by atoms with Crippen LogP contribution in [-0.2, 0) is 4.79 Å². The monoisotopic (exact) mass is 204 g/mol. The van der Waals surface area contributed by atoms with Gasteiger partial charge in [0.2, 0.25) is 0 Å². The molecule has 0 heterocycles. The molecule has 0 aromatic carbocycles. The third kappa shape index (κ3) is 4.28. The Morgan fingerprint density at radius 3 is 2.80 bits per heavy atom. The molecule has 0 saturated heterocycles. The Morgan fingerprint density at radius 1 is 1.40 bits per heavy atom. The van der Waals surface area contributed by atoms with Crippen LogP contribution >= 0.6 is 0 Å². The van der Waals surface area contributed by atoms with Crippen LogP contribution in [0.25, 0.3) is 0 Å². The summed E-state index contributed by atoms with van der Waals surface area (Å²) in [6.45, 7) is 8.35. The third-order valence-corrected chi connectivity index (χ3v) is 2.84. The number of hydrogen-bond acceptors (Lipinski definition) is 1. The Bertz CT molecular complexity index is 294. The maximum Gasteiger partial charge on any atom is 0.155 e. The minimum atomic E-state index is 0.240. The van der Waals surface area contributed by atoms with Crippen LogP contribution in [-0.4, -0.2) is 5.78 Å². The maximum absolute atomic E-state index is 11.4. The molecule has 1 aliphatic carbocycles. The van der Waals surface area contributed by atoms with Crippen LogP contribution in [0.15, 0.2) is 36.5 Å². The average molecular weight is 204 g/mol. The van der Waals surface area contributed by atoms with Gasteiger partial charge in [0.15, 0.2) is 5.78 Å². The lowest BCUT2D eigenvalue weighted by atomic mass is 9.89. The zero-order chi connectivity index (χ0) is 11.3. The summed E-state index contributed by atoms with van der Waals surface area (Å²) in [5.74, 6) is 1.33. The van der Waals surface area contributed by atoms with Crippen molar-refractivity contribution in [2.75, 3.05) is 0 Å². The molecule has 82 valence electrons. The zero-order valence-corrected chi connectivity index (χ0v) is 9.70. The Kier molecular flexibility index (Phi) is 4.54. The van der Waals surface area contributed by atoms with E-state index in [1.165, 1.54) is 0 Å². The molecule has 1 aliphatic rings. The normalized spacial score (nSPS) is 23.5. The van der Waals surface area contributed by atoms with Crippen molar-refractivity contribution in [3.8, 4) is 0 Å². The molecule has 1 atom stereocenters. The first-order chi connectivity index (χ1) is 7.09. The summed E-state index contributed by atoms with van der Waals surface area (Å²) in [5.41, 5.74) is 1.08. The van der Waals surface area contributed by atoms with Gasteiger partial charge in [0.1, 0.15) is 0 Å². The lowest BCUT2D eigenvalue weighted by Gasteiger charge is -2.16. The predicted molar refractivity (Wildman–Crippen MR) is 64.6 cm³/mol. The van der Waals surface area contributed by atoms with Crippen LogP contribution in [0.2, 0.25) is 0 Å². The minimum absolute atomic E-state index is 0.240. The molecule has 0 aromatic rings. The van der Waals surface area contributed by atoms with E-state index >= 15 is 0 Å². The second-order valence-corrected chi connectivity index (χ2v) is 4.54. The molecule has 0 bridgehead atoms. The number of rotatable bonds is 1. The van der Waals surface area contributed by atoms with E-state index in [1.54, 1.807) is 6.08 Å². The lowest BCUT2D eigenvalue weighted by molar-refractivity contribution is -0.114. The molecular weight excluding hydrogens is 184 g/mol. The molecule has 0 spiro atoms. The molecule has 1 heteroatoms. The minimum Gasteiger partial charge on any atom is -0.295 e. The first-order valence-electron chi connectivity index (χ1n) is 5.65.